The Morgan fingerprint density at radius 3 is 2.19 bits per heavy atom. The number of nitrogens with two attached hydrogens (primary N) is 1. The Labute approximate surface area is 279 Å². The molecule has 0 spiro atoms. The van der Waals surface area contributed by atoms with Gasteiger partial charge in [-0.3, -0.25) is 9.59 Å². The van der Waals surface area contributed by atoms with E-state index in [1.54, 1.807) is 38.8 Å². The van der Waals surface area contributed by atoms with E-state index in [-0.39, 0.29) is 23.9 Å². The van der Waals surface area contributed by atoms with Crippen LogP contribution in [0.2, 0.25) is 0 Å². The van der Waals surface area contributed by atoms with Gasteiger partial charge in [0.25, 0.3) is 0 Å². The van der Waals surface area contributed by atoms with Crippen LogP contribution >= 0.6 is 0 Å². The highest BCUT2D eigenvalue weighted by Crippen LogP contribution is 2.34. The number of ether oxygens (including phenoxy) is 1. The Morgan fingerprint density at radius 2 is 1.52 bits per heavy atom. The molecular formula is C36H42N8O4. The van der Waals surface area contributed by atoms with E-state index in [2.05, 4.69) is 32.1 Å². The third kappa shape index (κ3) is 6.64. The number of alkyl carbamates (subject to hydrolysis) is 1. The van der Waals surface area contributed by atoms with Gasteiger partial charge in [-0.25, -0.2) is 14.8 Å². The minimum Gasteiger partial charge on any atom is -0.453 e. The number of aromatic amines is 2. The van der Waals surface area contributed by atoms with Crippen LogP contribution in [-0.2, 0) is 14.3 Å². The fourth-order valence-corrected chi connectivity index (χ4v) is 6.47. The number of carbonyl (C=O) groups is 3. The maximum atomic E-state index is 13.4. The molecule has 3 amide bonds. The summed E-state index contributed by atoms with van der Waals surface area (Å²) in [6.45, 7) is 8.08. The molecule has 2 aliphatic rings. The van der Waals surface area contributed by atoms with Gasteiger partial charge in [0.05, 0.1) is 47.7 Å². The molecule has 0 unspecified atom stereocenters. The highest BCUT2D eigenvalue weighted by atomic mass is 16.5. The maximum absolute atomic E-state index is 13.4. The molecule has 2 aromatic heterocycles. The van der Waals surface area contributed by atoms with Crippen molar-refractivity contribution in [2.45, 2.75) is 76.5 Å². The molecule has 6 rings (SSSR count). The Hall–Kier alpha value is -5.15. The molecule has 2 fully saturated rings. The lowest BCUT2D eigenvalue weighted by molar-refractivity contribution is -0.138. The van der Waals surface area contributed by atoms with Crippen molar-refractivity contribution in [2.75, 3.05) is 20.2 Å². The summed E-state index contributed by atoms with van der Waals surface area (Å²) in [7, 11) is 1.27. The zero-order valence-electron chi connectivity index (χ0n) is 28.0. The summed E-state index contributed by atoms with van der Waals surface area (Å²) >= 11 is 0. The quantitative estimate of drug-likeness (QED) is 0.223. The van der Waals surface area contributed by atoms with E-state index in [4.69, 9.17) is 15.5 Å². The molecule has 4 heterocycles. The van der Waals surface area contributed by atoms with E-state index in [9.17, 15) is 14.4 Å². The largest absolute Gasteiger partial charge is 0.453 e. The smallest absolute Gasteiger partial charge is 0.407 e. The van der Waals surface area contributed by atoms with Crippen molar-refractivity contribution in [3.8, 4) is 23.1 Å². The van der Waals surface area contributed by atoms with Crippen molar-refractivity contribution in [1.29, 1.82) is 0 Å². The number of rotatable bonds is 6. The van der Waals surface area contributed by atoms with Gasteiger partial charge >= 0.3 is 6.09 Å². The number of H-pyrrole nitrogens is 2. The number of carbonyl (C=O) groups excluding carboxylic acids is 3. The summed E-state index contributed by atoms with van der Waals surface area (Å²) in [5.74, 6) is 7.72. The van der Waals surface area contributed by atoms with Crippen LogP contribution in [0.3, 0.4) is 0 Å². The molecule has 0 bridgehead atoms. The monoisotopic (exact) mass is 650 g/mol. The molecule has 4 aromatic rings. The standard InChI is InChI=1S/C36H42N8O4/c1-35(2,37)32(45)43-18-6-8-28(43)30-38-21-27(41-30)24-15-12-22(13-16-24)10-11-23-14-17-25-26(20-23)40-31(39-25)29-9-7-19-44(29)33(46)36(3,4)42-34(47)48-5/h12-17,20-21,28-29H,6-9,18-19,37H2,1-5H3,(H,38,41)(H,39,40)(H,42,47)/t28-,29-/m0/s1. The van der Waals surface area contributed by atoms with E-state index < -0.39 is 17.2 Å². The number of methoxy groups -OCH3 is 1. The summed E-state index contributed by atoms with van der Waals surface area (Å²) in [4.78, 5) is 57.9. The first kappa shape index (κ1) is 32.8. The first-order valence-electron chi connectivity index (χ1n) is 16.3. The molecule has 2 atom stereocenters. The van der Waals surface area contributed by atoms with Crippen molar-refractivity contribution in [3.63, 3.8) is 0 Å². The normalized spacial score (nSPS) is 18.1. The van der Waals surface area contributed by atoms with Crippen molar-refractivity contribution in [1.82, 2.24) is 35.1 Å². The molecule has 12 heteroatoms. The summed E-state index contributed by atoms with van der Waals surface area (Å²) in [5.41, 5.74) is 9.24. The fraction of sp³-hybridized carbons (Fsp3) is 0.417. The molecule has 2 saturated heterocycles. The number of fused-ring (bicyclic) bond motifs is 1. The van der Waals surface area contributed by atoms with Crippen molar-refractivity contribution in [2.24, 2.45) is 5.73 Å². The average molecular weight is 651 g/mol. The number of hydrogen-bond acceptors (Lipinski definition) is 7. The number of aromatic nitrogens is 4. The SMILES string of the molecule is COC(=O)NC(C)(C)C(=O)N1CCC[C@H]1c1nc2ccc(C#Cc3ccc(-c4cnc([C@@H]5CCCN5C(=O)C(C)(C)N)[nH]4)cc3)cc2[nH]1. The van der Waals surface area contributed by atoms with Crippen molar-refractivity contribution >= 4 is 28.9 Å². The van der Waals surface area contributed by atoms with E-state index in [0.717, 1.165) is 64.9 Å². The Morgan fingerprint density at radius 1 is 0.896 bits per heavy atom. The van der Waals surface area contributed by atoms with Crippen LogP contribution in [0.15, 0.2) is 48.7 Å². The lowest BCUT2D eigenvalue weighted by Gasteiger charge is -2.32. The second-order valence-electron chi connectivity index (χ2n) is 13.6. The first-order valence-corrected chi connectivity index (χ1v) is 16.3. The maximum Gasteiger partial charge on any atom is 0.407 e. The Bertz CT molecular complexity index is 1910. The van der Waals surface area contributed by atoms with Crippen LogP contribution in [0.4, 0.5) is 4.79 Å². The summed E-state index contributed by atoms with van der Waals surface area (Å²) < 4.78 is 4.70. The second kappa shape index (κ2) is 12.8. The zero-order chi connectivity index (χ0) is 34.2. The van der Waals surface area contributed by atoms with E-state index in [1.807, 2.05) is 47.4 Å². The molecule has 250 valence electrons. The van der Waals surface area contributed by atoms with E-state index in [0.29, 0.717) is 18.9 Å². The highest BCUT2D eigenvalue weighted by Gasteiger charge is 2.41. The zero-order valence-corrected chi connectivity index (χ0v) is 28.0. The third-order valence-electron chi connectivity index (χ3n) is 8.99. The summed E-state index contributed by atoms with van der Waals surface area (Å²) in [6, 6.07) is 13.4. The number of imidazole rings is 2. The van der Waals surface area contributed by atoms with Crippen molar-refractivity contribution in [3.05, 3.63) is 71.4 Å². The lowest BCUT2D eigenvalue weighted by atomic mass is 10.0. The minimum absolute atomic E-state index is 0.0686. The molecule has 48 heavy (non-hydrogen) atoms. The molecule has 2 aliphatic heterocycles. The fourth-order valence-electron chi connectivity index (χ4n) is 6.47. The summed E-state index contributed by atoms with van der Waals surface area (Å²) in [6.07, 6.45) is 4.53. The lowest BCUT2D eigenvalue weighted by Crippen LogP contribution is -2.55. The van der Waals surface area contributed by atoms with Gasteiger partial charge in [0.15, 0.2) is 0 Å². The van der Waals surface area contributed by atoms with Crippen LogP contribution in [0.1, 0.15) is 88.2 Å². The molecule has 0 saturated carbocycles. The van der Waals surface area contributed by atoms with Crippen LogP contribution < -0.4 is 11.1 Å². The van der Waals surface area contributed by atoms with E-state index >= 15 is 0 Å². The van der Waals surface area contributed by atoms with Gasteiger partial charge in [0, 0.05) is 24.2 Å². The molecular weight excluding hydrogens is 608 g/mol. The van der Waals surface area contributed by atoms with Crippen LogP contribution in [0, 0.1) is 11.8 Å². The van der Waals surface area contributed by atoms with Crippen molar-refractivity contribution < 1.29 is 19.1 Å². The molecule has 2 aromatic carbocycles. The number of nitrogens with one attached hydrogen (secondary N) is 3. The van der Waals surface area contributed by atoms with Crippen LogP contribution in [0.25, 0.3) is 22.3 Å². The number of nitrogens with zero attached hydrogens (tertiary/aromatic N) is 4. The van der Waals surface area contributed by atoms with Gasteiger partial charge in [-0.05, 0) is 89.3 Å². The molecule has 0 radical (unpaired) electrons. The predicted octanol–water partition coefficient (Wildman–Crippen LogP) is 4.55. The van der Waals surface area contributed by atoms with E-state index in [1.165, 1.54) is 7.11 Å². The number of likely N-dealkylation sites (tertiary alicyclic amines) is 2. The van der Waals surface area contributed by atoms with Gasteiger partial charge in [-0.2, -0.15) is 0 Å². The predicted molar refractivity (Wildman–Crippen MR) is 181 cm³/mol. The highest BCUT2D eigenvalue weighted by molar-refractivity contribution is 5.90. The van der Waals surface area contributed by atoms with Gasteiger partial charge < -0.3 is 35.6 Å². The third-order valence-corrected chi connectivity index (χ3v) is 8.99. The Balaban J connectivity index is 1.14. The van der Waals surface area contributed by atoms with Gasteiger partial charge in [-0.15, -0.1) is 0 Å². The molecule has 12 nitrogen and oxygen atoms in total. The molecule has 0 aliphatic carbocycles. The van der Waals surface area contributed by atoms with Gasteiger partial charge in [-0.1, -0.05) is 24.0 Å². The Kier molecular flexibility index (Phi) is 8.74. The van der Waals surface area contributed by atoms with Crippen LogP contribution in [-0.4, -0.2) is 78.9 Å². The number of amides is 3. The number of hydrogen-bond donors (Lipinski definition) is 4. The number of benzene rings is 2. The molecule has 5 N–H and O–H groups in total. The second-order valence-corrected chi connectivity index (χ2v) is 13.6. The average Bonchev–Trinajstić information content (AvgIpc) is 3.87. The van der Waals surface area contributed by atoms with Gasteiger partial charge in [0.1, 0.15) is 17.2 Å². The topological polar surface area (TPSA) is 162 Å². The first-order chi connectivity index (χ1) is 22.8. The van der Waals surface area contributed by atoms with Crippen LogP contribution in [0.5, 0.6) is 0 Å². The summed E-state index contributed by atoms with van der Waals surface area (Å²) in [5, 5.41) is 2.63. The van der Waals surface area contributed by atoms with Gasteiger partial charge in [0.2, 0.25) is 11.8 Å². The minimum atomic E-state index is -1.12.